The van der Waals surface area contributed by atoms with Gasteiger partial charge in [-0.3, -0.25) is 0 Å². The molecule has 0 saturated carbocycles. The molecule has 0 atom stereocenters. The van der Waals surface area contributed by atoms with Crippen LogP contribution in [0.5, 0.6) is 11.5 Å². The number of para-hydroxylation sites is 2. The third kappa shape index (κ3) is 4.66. The van der Waals surface area contributed by atoms with E-state index in [1.807, 2.05) is 60.7 Å². The van der Waals surface area contributed by atoms with Gasteiger partial charge in [-0.2, -0.15) is 0 Å². The first-order valence-electron chi connectivity index (χ1n) is 19.6. The second kappa shape index (κ2) is 12.3. The SMILES string of the molecule is C1=Cc2c(c3cc4c(cc3n2-c2cccc(-c3nc(-c5ccccc5)nc(-c5ccccc5)n3)c2)C2(c3ccccc3Oc3ccccc32)c2ccccc2-4)CC1. The summed E-state index contributed by atoms with van der Waals surface area (Å²) in [5.74, 6) is 3.72. The van der Waals surface area contributed by atoms with Gasteiger partial charge in [0.15, 0.2) is 17.5 Å². The van der Waals surface area contributed by atoms with Crippen LogP contribution in [-0.4, -0.2) is 19.5 Å². The molecular formula is C52H34N4O. The Morgan fingerprint density at radius 3 is 1.75 bits per heavy atom. The van der Waals surface area contributed by atoms with Crippen LogP contribution in [0.2, 0.25) is 0 Å². The number of fused-ring (bicyclic) bond motifs is 12. The molecule has 0 bridgehead atoms. The van der Waals surface area contributed by atoms with Gasteiger partial charge < -0.3 is 9.30 Å². The summed E-state index contributed by atoms with van der Waals surface area (Å²) in [6, 6.07) is 60.0. The fourth-order valence-corrected chi connectivity index (χ4v) is 9.58. The fourth-order valence-electron chi connectivity index (χ4n) is 9.58. The van der Waals surface area contributed by atoms with Crippen molar-refractivity contribution in [2.75, 3.05) is 0 Å². The number of hydrogen-bond donors (Lipinski definition) is 0. The van der Waals surface area contributed by atoms with Crippen LogP contribution in [0.1, 0.15) is 39.9 Å². The summed E-state index contributed by atoms with van der Waals surface area (Å²) in [4.78, 5) is 15.1. The maximum atomic E-state index is 6.64. The van der Waals surface area contributed by atoms with E-state index in [1.54, 1.807) is 0 Å². The number of aryl methyl sites for hydroxylation is 1. The summed E-state index contributed by atoms with van der Waals surface area (Å²) in [5.41, 5.74) is 14.6. The maximum Gasteiger partial charge on any atom is 0.164 e. The third-order valence-electron chi connectivity index (χ3n) is 12.0. The molecule has 1 aliphatic heterocycles. The number of hydrogen-bond acceptors (Lipinski definition) is 4. The number of aromatic nitrogens is 4. The van der Waals surface area contributed by atoms with Crippen molar-refractivity contribution in [2.24, 2.45) is 0 Å². The highest BCUT2D eigenvalue weighted by Gasteiger charge is 2.51. The van der Waals surface area contributed by atoms with E-state index in [2.05, 4.69) is 126 Å². The minimum Gasteiger partial charge on any atom is -0.457 e. The standard InChI is InChI=1S/C52H34N4O/c1-3-16-33(17-4-1)49-53-50(34-18-5-2-6-19-34)55-51(54-49)35-20-15-21-36(30-35)56-45-27-12-8-23-38(45)40-31-39-37-22-7-9-24-41(37)52(44(39)32-46(40)56)42-25-10-13-28-47(42)57-48-29-14-11-26-43(48)52/h1-7,9-22,24-32H,8,23H2. The highest BCUT2D eigenvalue weighted by molar-refractivity contribution is 6.00. The Labute approximate surface area is 330 Å². The van der Waals surface area contributed by atoms with E-state index in [4.69, 9.17) is 19.7 Å². The minimum atomic E-state index is -0.550. The summed E-state index contributed by atoms with van der Waals surface area (Å²) in [7, 11) is 0. The second-order valence-electron chi connectivity index (χ2n) is 15.0. The molecule has 0 saturated heterocycles. The molecule has 9 aromatic rings. The zero-order valence-corrected chi connectivity index (χ0v) is 30.9. The quantitative estimate of drug-likeness (QED) is 0.181. The Bertz CT molecular complexity index is 3000. The molecule has 5 nitrogen and oxygen atoms in total. The molecule has 0 amide bonds. The van der Waals surface area contributed by atoms with E-state index in [1.165, 1.54) is 44.4 Å². The molecule has 12 rings (SSSR count). The Hall–Kier alpha value is -7.37. The predicted molar refractivity (Wildman–Crippen MR) is 228 cm³/mol. The molecule has 2 aromatic heterocycles. The first-order valence-corrected chi connectivity index (χ1v) is 19.6. The number of nitrogens with zero attached hydrogens (tertiary/aromatic N) is 4. The van der Waals surface area contributed by atoms with Crippen molar-refractivity contribution in [1.29, 1.82) is 0 Å². The molecule has 1 spiro atoms. The van der Waals surface area contributed by atoms with E-state index in [0.29, 0.717) is 17.5 Å². The largest absolute Gasteiger partial charge is 0.457 e. The summed E-state index contributed by atoms with van der Waals surface area (Å²) >= 11 is 0. The van der Waals surface area contributed by atoms with Crippen LogP contribution in [-0.2, 0) is 11.8 Å². The lowest BCUT2D eigenvalue weighted by atomic mass is 9.66. The zero-order chi connectivity index (χ0) is 37.5. The van der Waals surface area contributed by atoms with E-state index in [9.17, 15) is 0 Å². The topological polar surface area (TPSA) is 52.8 Å². The fraction of sp³-hybridized carbons (Fsp3) is 0.0577. The van der Waals surface area contributed by atoms with Crippen molar-refractivity contribution in [3.63, 3.8) is 0 Å². The van der Waals surface area contributed by atoms with Crippen LogP contribution in [0.15, 0.2) is 176 Å². The van der Waals surface area contributed by atoms with Crippen LogP contribution >= 0.6 is 0 Å². The maximum absolute atomic E-state index is 6.64. The molecule has 2 aliphatic carbocycles. The second-order valence-corrected chi connectivity index (χ2v) is 15.0. The van der Waals surface area contributed by atoms with E-state index < -0.39 is 5.41 Å². The lowest BCUT2D eigenvalue weighted by Gasteiger charge is -2.39. The number of ether oxygens (including phenoxy) is 1. The molecule has 7 aromatic carbocycles. The van der Waals surface area contributed by atoms with Crippen LogP contribution in [0, 0.1) is 0 Å². The predicted octanol–water partition coefficient (Wildman–Crippen LogP) is 12.2. The molecule has 3 aliphatic rings. The van der Waals surface area contributed by atoms with Gasteiger partial charge in [0.2, 0.25) is 0 Å². The molecule has 268 valence electrons. The lowest BCUT2D eigenvalue weighted by molar-refractivity contribution is 0.436. The van der Waals surface area contributed by atoms with Crippen LogP contribution in [0.25, 0.3) is 68.0 Å². The van der Waals surface area contributed by atoms with Crippen molar-refractivity contribution in [3.05, 3.63) is 209 Å². The normalized spacial score (nSPS) is 14.0. The summed E-state index contributed by atoms with van der Waals surface area (Å²) in [6.45, 7) is 0. The Balaban J connectivity index is 1.11. The van der Waals surface area contributed by atoms with Gasteiger partial charge in [-0.25, -0.2) is 15.0 Å². The van der Waals surface area contributed by atoms with Crippen LogP contribution < -0.4 is 4.74 Å². The molecule has 3 heterocycles. The molecule has 5 heteroatoms. The van der Waals surface area contributed by atoms with Crippen molar-refractivity contribution in [3.8, 4) is 62.5 Å². The first kappa shape index (κ1) is 31.9. The summed E-state index contributed by atoms with van der Waals surface area (Å²) < 4.78 is 9.09. The van der Waals surface area contributed by atoms with Gasteiger partial charge in [0.05, 0.1) is 10.9 Å². The van der Waals surface area contributed by atoms with Gasteiger partial charge in [0.25, 0.3) is 0 Å². The van der Waals surface area contributed by atoms with Gasteiger partial charge in [0.1, 0.15) is 11.5 Å². The van der Waals surface area contributed by atoms with Gasteiger partial charge >= 0.3 is 0 Å². The van der Waals surface area contributed by atoms with Crippen molar-refractivity contribution in [2.45, 2.75) is 18.3 Å². The Morgan fingerprint density at radius 2 is 1.07 bits per heavy atom. The van der Waals surface area contributed by atoms with Gasteiger partial charge in [-0.15, -0.1) is 0 Å². The van der Waals surface area contributed by atoms with Crippen molar-refractivity contribution < 1.29 is 4.74 Å². The van der Waals surface area contributed by atoms with E-state index in [0.717, 1.165) is 57.8 Å². The molecule has 0 radical (unpaired) electrons. The average Bonchev–Trinajstić information content (AvgIpc) is 3.76. The first-order chi connectivity index (χ1) is 28.3. The van der Waals surface area contributed by atoms with Gasteiger partial charge in [0, 0.05) is 44.6 Å². The van der Waals surface area contributed by atoms with Gasteiger partial charge in [-0.05, 0) is 83.1 Å². The summed E-state index contributed by atoms with van der Waals surface area (Å²) in [6.07, 6.45) is 6.61. The van der Waals surface area contributed by atoms with Crippen LogP contribution in [0.3, 0.4) is 0 Å². The number of allylic oxidation sites excluding steroid dienone is 1. The molecule has 0 N–H and O–H groups in total. The molecule has 0 unspecified atom stereocenters. The van der Waals surface area contributed by atoms with Crippen molar-refractivity contribution in [1.82, 2.24) is 19.5 Å². The monoisotopic (exact) mass is 730 g/mol. The average molecular weight is 731 g/mol. The number of rotatable bonds is 4. The third-order valence-corrected chi connectivity index (χ3v) is 12.0. The van der Waals surface area contributed by atoms with E-state index in [-0.39, 0.29) is 0 Å². The smallest absolute Gasteiger partial charge is 0.164 e. The highest BCUT2D eigenvalue weighted by atomic mass is 16.5. The lowest BCUT2D eigenvalue weighted by Crippen LogP contribution is -2.32. The molecule has 57 heavy (non-hydrogen) atoms. The van der Waals surface area contributed by atoms with E-state index >= 15 is 0 Å². The van der Waals surface area contributed by atoms with Crippen LogP contribution in [0.4, 0.5) is 0 Å². The highest BCUT2D eigenvalue weighted by Crippen LogP contribution is 2.62. The molecular weight excluding hydrogens is 697 g/mol. The minimum absolute atomic E-state index is 0.550. The number of benzene rings is 7. The zero-order valence-electron chi connectivity index (χ0n) is 30.9. The Kier molecular flexibility index (Phi) is 6.90. The van der Waals surface area contributed by atoms with Crippen molar-refractivity contribution >= 4 is 17.0 Å². The molecule has 0 fully saturated rings. The van der Waals surface area contributed by atoms with Gasteiger partial charge in [-0.1, -0.05) is 140 Å². The summed E-state index contributed by atoms with van der Waals surface area (Å²) in [5, 5.41) is 1.29. The Morgan fingerprint density at radius 1 is 0.491 bits per heavy atom.